The molecule has 10 heteroatoms. The van der Waals surface area contributed by atoms with E-state index in [0.29, 0.717) is 29.1 Å². The fourth-order valence-corrected chi connectivity index (χ4v) is 7.76. The Morgan fingerprint density at radius 1 is 0.768 bits per heavy atom. The van der Waals surface area contributed by atoms with Gasteiger partial charge in [0, 0.05) is 90.2 Å². The lowest BCUT2D eigenvalue weighted by Crippen LogP contribution is -2.53. The zero-order chi connectivity index (χ0) is 43.4. The Morgan fingerprint density at radius 2 is 1.23 bits per heavy atom. The molecule has 1 saturated carbocycles. The van der Waals surface area contributed by atoms with Gasteiger partial charge in [-0.05, 0) is 44.4 Å². The molecule has 2 aliphatic heterocycles. The number of nitrogens with one attached hydrogen (secondary N) is 2. The van der Waals surface area contributed by atoms with Crippen molar-refractivity contribution >= 4 is 23.1 Å². The van der Waals surface area contributed by atoms with Crippen molar-refractivity contribution in [3.8, 4) is 0 Å². The van der Waals surface area contributed by atoms with Crippen LogP contribution >= 0.6 is 0 Å². The van der Waals surface area contributed by atoms with E-state index in [2.05, 4.69) is 59.7 Å². The molecule has 1 aromatic heterocycles. The zero-order valence-electron chi connectivity index (χ0n) is 39.1. The number of likely N-dealkylation sites (tertiary alicyclic amines) is 1. The molecule has 3 heterocycles. The molecule has 0 spiro atoms. The molecule has 4 N–H and O–H groups in total. The molecule has 2 saturated heterocycles. The molecule has 1 aromatic rings. The van der Waals surface area contributed by atoms with Crippen molar-refractivity contribution in [2.75, 3.05) is 39.3 Å². The zero-order valence-corrected chi connectivity index (χ0v) is 39.1. The summed E-state index contributed by atoms with van der Waals surface area (Å²) in [5.41, 5.74) is 6.07. The Bertz CT molecular complexity index is 1320. The van der Waals surface area contributed by atoms with E-state index in [1.807, 2.05) is 83.1 Å². The summed E-state index contributed by atoms with van der Waals surface area (Å²) in [6.45, 7) is 40.3. The van der Waals surface area contributed by atoms with Gasteiger partial charge in [-0.2, -0.15) is 0 Å². The first kappa shape index (κ1) is 51.7. The van der Waals surface area contributed by atoms with E-state index < -0.39 is 0 Å². The van der Waals surface area contributed by atoms with Crippen molar-refractivity contribution in [3.63, 3.8) is 0 Å². The average Bonchev–Trinajstić information content (AvgIpc) is 3.45. The lowest BCUT2D eigenvalue weighted by Gasteiger charge is -2.36. The van der Waals surface area contributed by atoms with Gasteiger partial charge in [0.05, 0.1) is 18.4 Å². The summed E-state index contributed by atoms with van der Waals surface area (Å²) in [4.78, 5) is 59.9. The molecule has 3 aliphatic rings. The number of hydrogen-bond acceptors (Lipinski definition) is 9. The lowest BCUT2D eigenvalue weighted by atomic mass is 9.80. The van der Waals surface area contributed by atoms with E-state index in [0.717, 1.165) is 83.5 Å². The van der Waals surface area contributed by atoms with Crippen LogP contribution in [0, 0.1) is 38.9 Å². The number of H-pyrrole nitrogens is 1. The third-order valence-corrected chi connectivity index (χ3v) is 11.6. The number of nitrogens with two attached hydrogens (primary N) is 1. The second-order valence-corrected chi connectivity index (χ2v) is 21.0. The number of aromatic nitrogens is 2. The van der Waals surface area contributed by atoms with Crippen LogP contribution in [0.3, 0.4) is 0 Å². The van der Waals surface area contributed by atoms with Gasteiger partial charge < -0.3 is 16.0 Å². The number of ketones is 4. The Balaban J connectivity index is 0.000000376. The van der Waals surface area contributed by atoms with Gasteiger partial charge in [0.2, 0.25) is 0 Å². The topological polar surface area (TPSA) is 141 Å². The monoisotopic (exact) mass is 787 g/mol. The molecule has 0 aromatic carbocycles. The van der Waals surface area contributed by atoms with Crippen molar-refractivity contribution < 1.29 is 19.2 Å². The number of aromatic amines is 1. The smallest absolute Gasteiger partial charge is 0.155 e. The average molecular weight is 787 g/mol. The second-order valence-electron chi connectivity index (χ2n) is 21.0. The fourth-order valence-electron chi connectivity index (χ4n) is 7.76. The summed E-state index contributed by atoms with van der Waals surface area (Å²) in [5, 5.41) is 3.32. The van der Waals surface area contributed by atoms with Crippen LogP contribution in [0.25, 0.3) is 0 Å². The number of Topliss-reactive ketones (excluding diaryl/α,β-unsaturated/α-hetero) is 4. The Kier molecular flexibility index (Phi) is 20.0. The number of rotatable bonds is 11. The SMILES string of the molecule is CC1CC1(C)C(=O)C(C)(C)C.CCC(C(=O)C(C)(C)C)N1CCC(N)C1.CCC(C(=O)C(C)(C)C)N1CCNCC1.CCC(Cc1cnc[nH]1)C(=O)C(C)(C)C. The summed E-state index contributed by atoms with van der Waals surface area (Å²) < 4.78 is 0. The van der Waals surface area contributed by atoms with Gasteiger partial charge in [0.25, 0.3) is 0 Å². The maximum Gasteiger partial charge on any atom is 0.155 e. The molecule has 56 heavy (non-hydrogen) atoms. The molecule has 1 aliphatic carbocycles. The summed E-state index contributed by atoms with van der Waals surface area (Å²) >= 11 is 0. The quantitative estimate of drug-likeness (QED) is 0.204. The fraction of sp³-hybridized carbons (Fsp3) is 0.848. The van der Waals surface area contributed by atoms with Gasteiger partial charge >= 0.3 is 0 Å². The van der Waals surface area contributed by atoms with E-state index in [-0.39, 0.29) is 51.1 Å². The number of piperazine rings is 1. The highest BCUT2D eigenvalue weighted by atomic mass is 16.1. The number of imidazole rings is 1. The van der Waals surface area contributed by atoms with Crippen molar-refractivity contribution in [3.05, 3.63) is 18.2 Å². The third-order valence-electron chi connectivity index (χ3n) is 11.6. The van der Waals surface area contributed by atoms with Crippen LogP contribution in [0.15, 0.2) is 12.5 Å². The minimum absolute atomic E-state index is 0.0122. The number of nitrogens with zero attached hydrogens (tertiary/aromatic N) is 3. The highest BCUT2D eigenvalue weighted by Gasteiger charge is 2.55. The van der Waals surface area contributed by atoms with Gasteiger partial charge in [0.1, 0.15) is 11.6 Å². The normalized spacial score (nSPS) is 23.5. The van der Waals surface area contributed by atoms with Crippen LogP contribution in [0.5, 0.6) is 0 Å². The highest BCUT2D eigenvalue weighted by Crippen LogP contribution is 2.55. The molecule has 324 valence electrons. The maximum atomic E-state index is 12.2. The molecule has 6 unspecified atom stereocenters. The van der Waals surface area contributed by atoms with Crippen molar-refractivity contribution in [1.29, 1.82) is 0 Å². The molecule has 4 rings (SSSR count). The van der Waals surface area contributed by atoms with Gasteiger partial charge in [-0.1, -0.05) is 118 Å². The Hall–Kier alpha value is -2.27. The van der Waals surface area contributed by atoms with E-state index >= 15 is 0 Å². The molecule has 3 fully saturated rings. The molecule has 0 bridgehead atoms. The standard InChI is InChI=1S/C12H20N2O.2C12H24N2O.C10H18O/c1-5-9(11(15)12(2,3)4)6-10-7-13-8-14-10;1-5-10(11(15)12(2,3)4)14-8-6-13-7-9-14;1-5-10(11(15)12(2,3)4)14-7-6-9(13)8-14;1-7-6-10(7,5)8(11)9(2,3)4/h7-9H,5-6H2,1-4H3,(H,13,14);10,13H,5-9H2,1-4H3;9-10H,5-8,13H2,1-4H3;7H,6H2,1-5H3. The van der Waals surface area contributed by atoms with Crippen LogP contribution in [0.4, 0.5) is 0 Å². The molecular formula is C46H86N6O4. The van der Waals surface area contributed by atoms with Crippen molar-refractivity contribution in [2.45, 2.75) is 174 Å². The van der Waals surface area contributed by atoms with E-state index in [1.54, 1.807) is 12.5 Å². The molecule has 10 nitrogen and oxygen atoms in total. The Morgan fingerprint density at radius 3 is 1.54 bits per heavy atom. The first-order valence-corrected chi connectivity index (χ1v) is 21.7. The summed E-state index contributed by atoms with van der Waals surface area (Å²) in [6.07, 6.45) is 9.03. The number of carbonyl (C=O) groups excluding carboxylic acids is 4. The highest BCUT2D eigenvalue weighted by molar-refractivity contribution is 5.92. The largest absolute Gasteiger partial charge is 0.348 e. The molecule has 6 atom stereocenters. The first-order chi connectivity index (χ1) is 25.6. The Labute approximate surface area is 343 Å². The minimum atomic E-state index is -0.249. The van der Waals surface area contributed by atoms with Crippen LogP contribution < -0.4 is 11.1 Å². The van der Waals surface area contributed by atoms with Gasteiger partial charge in [-0.15, -0.1) is 0 Å². The summed E-state index contributed by atoms with van der Waals surface area (Å²) in [6, 6.07) is 0.442. The van der Waals surface area contributed by atoms with Crippen LogP contribution in [-0.2, 0) is 25.6 Å². The van der Waals surface area contributed by atoms with Gasteiger partial charge in [0.15, 0.2) is 11.6 Å². The predicted octanol–water partition coefficient (Wildman–Crippen LogP) is 7.94. The molecule has 0 radical (unpaired) electrons. The van der Waals surface area contributed by atoms with Crippen molar-refractivity contribution in [2.24, 2.45) is 44.6 Å². The van der Waals surface area contributed by atoms with E-state index in [4.69, 9.17) is 5.73 Å². The molecule has 0 amide bonds. The van der Waals surface area contributed by atoms with Crippen molar-refractivity contribution in [1.82, 2.24) is 25.1 Å². The summed E-state index contributed by atoms with van der Waals surface area (Å²) in [5.74, 6) is 2.20. The molecular weight excluding hydrogens is 701 g/mol. The second kappa shape index (κ2) is 21.7. The van der Waals surface area contributed by atoms with Crippen LogP contribution in [-0.4, -0.2) is 100 Å². The van der Waals surface area contributed by atoms with Crippen LogP contribution in [0.2, 0.25) is 0 Å². The number of hydrogen-bond donors (Lipinski definition) is 3. The van der Waals surface area contributed by atoms with E-state index in [1.165, 1.54) is 0 Å². The lowest BCUT2D eigenvalue weighted by molar-refractivity contribution is -0.132. The predicted molar refractivity (Wildman–Crippen MR) is 233 cm³/mol. The maximum absolute atomic E-state index is 12.2. The third kappa shape index (κ3) is 16.2. The van der Waals surface area contributed by atoms with Crippen LogP contribution in [0.1, 0.15) is 156 Å². The van der Waals surface area contributed by atoms with E-state index in [9.17, 15) is 19.2 Å². The first-order valence-electron chi connectivity index (χ1n) is 21.7. The van der Waals surface area contributed by atoms with Gasteiger partial charge in [-0.25, -0.2) is 4.98 Å². The van der Waals surface area contributed by atoms with Gasteiger partial charge in [-0.3, -0.25) is 29.0 Å². The number of carbonyl (C=O) groups is 4. The summed E-state index contributed by atoms with van der Waals surface area (Å²) in [7, 11) is 0. The minimum Gasteiger partial charge on any atom is -0.348 e.